The number of cyclic esters (lactones) is 2. The molecule has 0 aromatic carbocycles. The zero-order valence-corrected chi connectivity index (χ0v) is 32.5. The van der Waals surface area contributed by atoms with Gasteiger partial charge in [0.2, 0.25) is 11.8 Å². The number of aromatic nitrogens is 2. The van der Waals surface area contributed by atoms with E-state index in [9.17, 15) is 40.2 Å². The number of hydrogen-bond acceptors (Lipinski definition) is 14. The van der Waals surface area contributed by atoms with Crippen molar-refractivity contribution in [1.29, 1.82) is 0 Å². The summed E-state index contributed by atoms with van der Waals surface area (Å²) in [7, 11) is 0. The maximum absolute atomic E-state index is 13.2. The Kier molecular flexibility index (Phi) is 17.3. The predicted octanol–water partition coefficient (Wildman–Crippen LogP) is 4.83. The van der Waals surface area contributed by atoms with Crippen LogP contribution in [-0.2, 0) is 9.47 Å². The number of aliphatic hydroxyl groups is 6. The molecule has 14 heteroatoms. The number of nitrogens with zero attached hydrogens (tertiary/aromatic N) is 2. The minimum atomic E-state index is -1.34. The summed E-state index contributed by atoms with van der Waals surface area (Å²) in [5, 5.41) is 63.9. The number of esters is 2. The standard InChI is InChI=1S/C42H54N2O12/c1-7-15-33(49)41(3,4)35-21-13-19-31(47)29(45)17-9-12-24-38-44-28(26-54-38)40(52)56-36(42(5,6)34(50)16-8-2)22-14-20-32(48)30(46)18-10-11-23-37-43-27(25-53-37)39(51)55-35/h7-20,23-26,29-36,45-50H,21-22H2,1-6H3/b15-7+,16-8+,17-9-,18-10-,19-13-,20-14-,23-11-,24-12-. The van der Waals surface area contributed by atoms with E-state index in [-0.39, 0.29) is 36.0 Å². The third kappa shape index (κ3) is 13.1. The van der Waals surface area contributed by atoms with Crippen LogP contribution in [0.25, 0.3) is 12.2 Å². The van der Waals surface area contributed by atoms with Crippen LogP contribution in [-0.4, -0.2) is 101 Å². The largest absolute Gasteiger partial charge is 0.457 e. The fourth-order valence-electron chi connectivity index (χ4n) is 5.31. The summed E-state index contributed by atoms with van der Waals surface area (Å²) in [6.45, 7) is 10.4. The van der Waals surface area contributed by atoms with Crippen LogP contribution >= 0.6 is 0 Å². The summed E-state index contributed by atoms with van der Waals surface area (Å²) in [4.78, 5) is 34.7. The fraction of sp³-hybridized carbons (Fsp3) is 0.429. The molecule has 0 radical (unpaired) electrons. The molecule has 14 nitrogen and oxygen atoms in total. The van der Waals surface area contributed by atoms with Gasteiger partial charge in [-0.1, -0.05) is 113 Å². The molecule has 0 amide bonds. The van der Waals surface area contributed by atoms with E-state index in [0.717, 1.165) is 12.5 Å². The van der Waals surface area contributed by atoms with Gasteiger partial charge < -0.3 is 48.9 Å². The number of aliphatic hydroxyl groups excluding tert-OH is 6. The van der Waals surface area contributed by atoms with Crippen molar-refractivity contribution >= 4 is 24.1 Å². The maximum Gasteiger partial charge on any atom is 0.360 e. The average molecular weight is 779 g/mol. The number of hydrogen-bond donors (Lipinski definition) is 6. The van der Waals surface area contributed by atoms with Gasteiger partial charge in [-0.15, -0.1) is 0 Å². The minimum Gasteiger partial charge on any atom is -0.457 e. The van der Waals surface area contributed by atoms with Gasteiger partial charge in [-0.25, -0.2) is 19.6 Å². The van der Waals surface area contributed by atoms with Gasteiger partial charge in [-0.05, 0) is 13.8 Å². The molecule has 8 atom stereocenters. The molecule has 6 N–H and O–H groups in total. The Morgan fingerprint density at radius 3 is 1.34 bits per heavy atom. The number of carbonyl (C=O) groups excluding carboxylic acids is 2. The Bertz CT molecular complexity index is 1680. The van der Waals surface area contributed by atoms with E-state index in [4.69, 9.17) is 18.3 Å². The van der Waals surface area contributed by atoms with Crippen LogP contribution in [0.4, 0.5) is 0 Å². The highest BCUT2D eigenvalue weighted by Crippen LogP contribution is 2.33. The van der Waals surface area contributed by atoms with Crippen molar-refractivity contribution < 1.29 is 58.5 Å². The summed E-state index contributed by atoms with van der Waals surface area (Å²) in [5.41, 5.74) is -2.28. The van der Waals surface area contributed by atoms with Crippen LogP contribution in [0, 0.1) is 10.8 Å². The van der Waals surface area contributed by atoms with E-state index >= 15 is 0 Å². The van der Waals surface area contributed by atoms with E-state index in [1.165, 1.54) is 72.9 Å². The van der Waals surface area contributed by atoms with Gasteiger partial charge in [0.05, 0.1) is 12.2 Å². The number of fused-ring (bicyclic) bond motifs is 4. The lowest BCUT2D eigenvalue weighted by Gasteiger charge is -2.36. The second kappa shape index (κ2) is 21.4. The van der Waals surface area contributed by atoms with Gasteiger partial charge >= 0.3 is 11.9 Å². The smallest absolute Gasteiger partial charge is 0.360 e. The van der Waals surface area contributed by atoms with Gasteiger partial charge in [-0.3, -0.25) is 0 Å². The molecule has 8 unspecified atom stereocenters. The first-order chi connectivity index (χ1) is 26.5. The number of rotatable bonds is 6. The van der Waals surface area contributed by atoms with Crippen molar-refractivity contribution in [1.82, 2.24) is 9.97 Å². The molecule has 2 aromatic heterocycles. The molecule has 0 aliphatic carbocycles. The van der Waals surface area contributed by atoms with Gasteiger partial charge in [0.25, 0.3) is 0 Å². The summed E-state index contributed by atoms with van der Waals surface area (Å²) >= 11 is 0. The highest BCUT2D eigenvalue weighted by atomic mass is 16.6. The maximum atomic E-state index is 13.2. The minimum absolute atomic E-state index is 0.0472. The third-order valence-electron chi connectivity index (χ3n) is 9.28. The molecule has 0 saturated carbocycles. The summed E-state index contributed by atoms with van der Waals surface area (Å²) in [6.07, 6.45) is 16.7. The van der Waals surface area contributed by atoms with Crippen LogP contribution < -0.4 is 0 Å². The van der Waals surface area contributed by atoms with E-state index in [2.05, 4.69) is 9.97 Å². The first-order valence-corrected chi connectivity index (χ1v) is 18.2. The van der Waals surface area contributed by atoms with Crippen molar-refractivity contribution in [2.45, 2.75) is 103 Å². The van der Waals surface area contributed by atoms with Crippen LogP contribution in [0.15, 0.2) is 106 Å². The molecule has 3 rings (SSSR count). The first kappa shape index (κ1) is 45.4. The Labute approximate surface area is 326 Å². The normalized spacial score (nSPS) is 28.8. The summed E-state index contributed by atoms with van der Waals surface area (Å²) in [6, 6.07) is 0. The summed E-state index contributed by atoms with van der Waals surface area (Å²) in [5.74, 6) is -1.55. The third-order valence-corrected chi connectivity index (χ3v) is 9.28. The molecule has 4 bridgehead atoms. The van der Waals surface area contributed by atoms with Gasteiger partial charge in [-0.2, -0.15) is 0 Å². The van der Waals surface area contributed by atoms with Crippen molar-refractivity contribution in [3.63, 3.8) is 0 Å². The molecule has 1 aliphatic heterocycles. The molecule has 0 fully saturated rings. The second-order valence-corrected chi connectivity index (χ2v) is 14.3. The van der Waals surface area contributed by atoms with E-state index in [1.807, 2.05) is 0 Å². The number of allylic oxidation sites excluding steroid dienone is 6. The SMILES string of the molecule is C/C=C/C(O)C(C)(C)C1C/C=C\C(O)C(O)/C=C\C=C/c2nc(co2)C(=O)OC(C(C)(C)C(O)/C=C/C)C/C=C\C(O)C(O)/C=C\C=C/c2nc(co2)C(=O)O1. The van der Waals surface area contributed by atoms with E-state index in [0.29, 0.717) is 0 Å². The van der Waals surface area contributed by atoms with Crippen LogP contribution in [0.5, 0.6) is 0 Å². The highest BCUT2D eigenvalue weighted by molar-refractivity contribution is 5.87. The lowest BCUT2D eigenvalue weighted by molar-refractivity contribution is -0.0462. The molecule has 56 heavy (non-hydrogen) atoms. The zero-order chi connectivity index (χ0) is 41.5. The van der Waals surface area contributed by atoms with Crippen molar-refractivity contribution in [3.8, 4) is 0 Å². The van der Waals surface area contributed by atoms with Gasteiger partial charge in [0.15, 0.2) is 11.4 Å². The topological polar surface area (TPSA) is 226 Å². The second-order valence-electron chi connectivity index (χ2n) is 14.3. The number of oxazole rings is 2. The Morgan fingerprint density at radius 1 is 0.625 bits per heavy atom. The fourth-order valence-corrected chi connectivity index (χ4v) is 5.31. The zero-order valence-electron chi connectivity index (χ0n) is 32.5. The molecule has 1 aliphatic rings. The molecule has 3 heterocycles. The van der Waals surface area contributed by atoms with Gasteiger partial charge in [0.1, 0.15) is 49.2 Å². The number of carbonyl (C=O) groups is 2. The average Bonchev–Trinajstić information content (AvgIpc) is 3.84. The highest BCUT2D eigenvalue weighted by Gasteiger charge is 2.39. The van der Waals surface area contributed by atoms with E-state index in [1.54, 1.807) is 65.8 Å². The first-order valence-electron chi connectivity index (χ1n) is 18.2. The molecule has 2 aromatic rings. The van der Waals surface area contributed by atoms with Crippen molar-refractivity contribution in [2.75, 3.05) is 0 Å². The Morgan fingerprint density at radius 2 is 0.982 bits per heavy atom. The van der Waals surface area contributed by atoms with Crippen LogP contribution in [0.3, 0.4) is 0 Å². The monoisotopic (exact) mass is 778 g/mol. The van der Waals surface area contributed by atoms with E-state index < -0.39 is 71.6 Å². The lowest BCUT2D eigenvalue weighted by atomic mass is 9.79. The number of ether oxygens (including phenoxy) is 2. The van der Waals surface area contributed by atoms with Crippen LogP contribution in [0.1, 0.15) is 87.1 Å². The lowest BCUT2D eigenvalue weighted by Crippen LogP contribution is -2.42. The summed E-state index contributed by atoms with van der Waals surface area (Å²) < 4.78 is 22.4. The molecule has 0 saturated heterocycles. The quantitative estimate of drug-likeness (QED) is 0.171. The van der Waals surface area contributed by atoms with Gasteiger partial charge in [0, 0.05) is 35.8 Å². The Balaban J connectivity index is 1.94. The predicted molar refractivity (Wildman–Crippen MR) is 209 cm³/mol. The van der Waals surface area contributed by atoms with Crippen molar-refractivity contribution in [2.24, 2.45) is 10.8 Å². The van der Waals surface area contributed by atoms with Crippen LogP contribution in [0.2, 0.25) is 0 Å². The molecular weight excluding hydrogens is 724 g/mol. The van der Waals surface area contributed by atoms with Crippen molar-refractivity contribution in [3.05, 3.63) is 121 Å². The molecule has 0 spiro atoms. The molecule has 304 valence electrons. The Hall–Kier alpha value is -4.96. The molecular formula is C42H54N2O12.